The molecule has 0 radical (unpaired) electrons. The first-order chi connectivity index (χ1) is 14.5. The lowest BCUT2D eigenvalue weighted by Gasteiger charge is -2.18. The molecule has 0 saturated carbocycles. The largest absolute Gasteiger partial charge is 0.295 e. The molecule has 0 aliphatic heterocycles. The van der Waals surface area contributed by atoms with Gasteiger partial charge in [0.2, 0.25) is 5.91 Å². The maximum absolute atomic E-state index is 12.3. The number of benzene rings is 1. The molecule has 0 unspecified atom stereocenters. The van der Waals surface area contributed by atoms with Gasteiger partial charge in [-0.15, -0.1) is 11.3 Å². The fraction of sp³-hybridized carbons (Fsp3) is 0.238. The van der Waals surface area contributed by atoms with Crippen molar-refractivity contribution in [3.05, 3.63) is 73.8 Å². The summed E-state index contributed by atoms with van der Waals surface area (Å²) in [6.45, 7) is 0.559. The molecule has 30 heavy (non-hydrogen) atoms. The van der Waals surface area contributed by atoms with Gasteiger partial charge in [0, 0.05) is 16.5 Å². The van der Waals surface area contributed by atoms with Gasteiger partial charge in [-0.05, 0) is 72.2 Å². The number of hydrogen-bond donors (Lipinski definition) is 1. The molecule has 156 valence electrons. The van der Waals surface area contributed by atoms with Crippen LogP contribution in [0.25, 0.3) is 5.57 Å². The summed E-state index contributed by atoms with van der Waals surface area (Å²) in [7, 11) is 0. The maximum Gasteiger partial charge on any atom is 0.233 e. The minimum atomic E-state index is -0.0454. The molecule has 1 aliphatic rings. The molecule has 0 saturated heterocycles. The Balaban J connectivity index is 1.47. The second kappa shape index (κ2) is 9.79. The molecule has 0 spiro atoms. The molecule has 4 rings (SSSR count). The van der Waals surface area contributed by atoms with Gasteiger partial charge in [0.25, 0.3) is 0 Å². The molecule has 4 nitrogen and oxygen atoms in total. The summed E-state index contributed by atoms with van der Waals surface area (Å²) in [5.74, 6) is -0.0454. The first-order valence-corrected chi connectivity index (χ1v) is 12.2. The summed E-state index contributed by atoms with van der Waals surface area (Å²) in [5.41, 5.74) is 4.41. The summed E-state index contributed by atoms with van der Waals surface area (Å²) < 4.78 is 6.50. The first kappa shape index (κ1) is 21.8. The number of aryl methyl sites for hydroxylation is 1. The number of fused-ring (bicyclic) bond motifs is 1. The lowest BCUT2D eigenvalue weighted by molar-refractivity contribution is -0.118. The molecule has 3 aromatic rings. The van der Waals surface area contributed by atoms with Crippen LogP contribution in [0.1, 0.15) is 36.1 Å². The van der Waals surface area contributed by atoms with E-state index in [2.05, 4.69) is 9.82 Å². The molecule has 1 aromatic carbocycles. The number of nitrogens with zero attached hydrogens (tertiary/aromatic N) is 2. The fourth-order valence-electron chi connectivity index (χ4n) is 3.41. The van der Waals surface area contributed by atoms with Gasteiger partial charge in [-0.2, -0.15) is 5.10 Å². The molecular weight excluding hydrogens is 481 g/mol. The summed E-state index contributed by atoms with van der Waals surface area (Å²) in [6.07, 6.45) is 7.21. The number of rotatable bonds is 6. The lowest BCUT2D eigenvalue weighted by atomic mass is 9.92. The van der Waals surface area contributed by atoms with Crippen LogP contribution in [-0.2, 0) is 17.8 Å². The van der Waals surface area contributed by atoms with Gasteiger partial charge in [-0.3, -0.25) is 14.2 Å². The fourth-order valence-corrected chi connectivity index (χ4v) is 5.79. The van der Waals surface area contributed by atoms with Gasteiger partial charge in [0.15, 0.2) is 0 Å². The molecule has 0 atom stereocenters. The number of allylic oxidation sites excluding steroid dienone is 1. The van der Waals surface area contributed by atoms with Gasteiger partial charge < -0.3 is 0 Å². The Morgan fingerprint density at radius 1 is 1.23 bits per heavy atom. The number of amides is 1. The second-order valence-corrected chi connectivity index (χ2v) is 10.5. The Morgan fingerprint density at radius 3 is 2.87 bits per heavy atom. The zero-order valence-corrected chi connectivity index (χ0v) is 19.7. The Labute approximate surface area is 198 Å². The van der Waals surface area contributed by atoms with Crippen molar-refractivity contribution in [3.8, 4) is 0 Å². The van der Waals surface area contributed by atoms with E-state index in [1.165, 1.54) is 28.8 Å². The third-order valence-corrected chi connectivity index (χ3v) is 7.57. The van der Waals surface area contributed by atoms with Crippen LogP contribution in [0.5, 0.6) is 0 Å². The molecular formula is C21H18Cl3N3OS2. The second-order valence-electron chi connectivity index (χ2n) is 6.88. The maximum atomic E-state index is 12.3. The van der Waals surface area contributed by atoms with Crippen LogP contribution in [-0.4, -0.2) is 15.7 Å². The van der Waals surface area contributed by atoms with Gasteiger partial charge in [-0.25, -0.2) is 0 Å². The molecule has 9 heteroatoms. The van der Waals surface area contributed by atoms with Crippen molar-refractivity contribution >= 4 is 69.6 Å². The van der Waals surface area contributed by atoms with Gasteiger partial charge in [0.1, 0.15) is 0 Å². The molecule has 1 aliphatic carbocycles. The SMILES string of the molecule is O=C(C/C=C1\CCCc2cnn(Cc3ccc(Cl)cc3Cl)c21)NSc1ccc(Cl)s1. The highest BCUT2D eigenvalue weighted by Gasteiger charge is 2.20. The Bertz CT molecular complexity index is 1110. The molecule has 0 fully saturated rings. The van der Waals surface area contributed by atoms with Gasteiger partial charge >= 0.3 is 0 Å². The van der Waals surface area contributed by atoms with Crippen molar-refractivity contribution in [1.29, 1.82) is 0 Å². The van der Waals surface area contributed by atoms with Crippen molar-refractivity contribution in [2.45, 2.75) is 36.4 Å². The van der Waals surface area contributed by atoms with Gasteiger partial charge in [0.05, 0.1) is 27.0 Å². The average molecular weight is 499 g/mol. The van der Waals surface area contributed by atoms with Crippen LogP contribution >= 0.6 is 58.1 Å². The predicted octanol–water partition coefficient (Wildman–Crippen LogP) is 6.89. The summed E-state index contributed by atoms with van der Waals surface area (Å²) in [5, 5.41) is 5.82. The minimum absolute atomic E-state index is 0.0454. The highest BCUT2D eigenvalue weighted by atomic mass is 35.5. The predicted molar refractivity (Wildman–Crippen MR) is 127 cm³/mol. The molecule has 2 heterocycles. The topological polar surface area (TPSA) is 46.9 Å². The minimum Gasteiger partial charge on any atom is -0.295 e. The van der Waals surface area contributed by atoms with Crippen molar-refractivity contribution < 1.29 is 4.79 Å². The van der Waals surface area contributed by atoms with Crippen LogP contribution < -0.4 is 4.72 Å². The van der Waals surface area contributed by atoms with E-state index in [-0.39, 0.29) is 5.91 Å². The standard InChI is InChI=1S/C21H18Cl3N3OS2/c22-16-6-4-15(17(23)10-16)12-27-21-13(2-1-3-14(21)11-25-27)5-8-19(28)26-30-20-9-7-18(24)29-20/h4-7,9-11H,1-3,8,12H2,(H,26,28)/b13-5+. The molecule has 1 amide bonds. The molecule has 0 bridgehead atoms. The lowest BCUT2D eigenvalue weighted by Crippen LogP contribution is -2.15. The summed E-state index contributed by atoms with van der Waals surface area (Å²) in [6, 6.07) is 9.21. The van der Waals surface area contributed by atoms with Crippen molar-refractivity contribution in [1.82, 2.24) is 14.5 Å². The van der Waals surface area contributed by atoms with Crippen LogP contribution in [0.3, 0.4) is 0 Å². The number of halogens is 3. The molecule has 2 aromatic heterocycles. The quantitative estimate of drug-likeness (QED) is 0.377. The first-order valence-electron chi connectivity index (χ1n) is 9.38. The number of carbonyl (C=O) groups is 1. The van der Waals surface area contributed by atoms with Crippen LogP contribution in [0.4, 0.5) is 0 Å². The molecule has 1 N–H and O–H groups in total. The zero-order chi connectivity index (χ0) is 21.1. The highest BCUT2D eigenvalue weighted by molar-refractivity contribution is 7.99. The number of aromatic nitrogens is 2. The number of hydrogen-bond acceptors (Lipinski definition) is 4. The smallest absolute Gasteiger partial charge is 0.233 e. The number of nitrogens with one attached hydrogen (secondary N) is 1. The van der Waals surface area contributed by atoms with E-state index in [0.29, 0.717) is 27.3 Å². The number of carbonyl (C=O) groups excluding carboxylic acids is 1. The van der Waals surface area contributed by atoms with Crippen molar-refractivity contribution in [3.63, 3.8) is 0 Å². The zero-order valence-electron chi connectivity index (χ0n) is 15.8. The van der Waals surface area contributed by atoms with E-state index in [4.69, 9.17) is 34.8 Å². The van der Waals surface area contributed by atoms with Crippen LogP contribution in [0.2, 0.25) is 14.4 Å². The van der Waals surface area contributed by atoms with E-state index < -0.39 is 0 Å². The monoisotopic (exact) mass is 497 g/mol. The van der Waals surface area contributed by atoms with E-state index in [1.807, 2.05) is 41.2 Å². The van der Waals surface area contributed by atoms with E-state index in [0.717, 1.165) is 40.3 Å². The Kier molecular flexibility index (Phi) is 7.11. The van der Waals surface area contributed by atoms with Crippen molar-refractivity contribution in [2.75, 3.05) is 0 Å². The summed E-state index contributed by atoms with van der Waals surface area (Å²) in [4.78, 5) is 12.3. The Hall–Kier alpha value is -1.44. The third kappa shape index (κ3) is 5.24. The summed E-state index contributed by atoms with van der Waals surface area (Å²) >= 11 is 21.0. The van der Waals surface area contributed by atoms with Crippen molar-refractivity contribution in [2.24, 2.45) is 0 Å². The van der Waals surface area contributed by atoms with Crippen LogP contribution in [0.15, 0.2) is 46.8 Å². The average Bonchev–Trinajstić information content (AvgIpc) is 3.33. The third-order valence-electron chi connectivity index (χ3n) is 4.79. The van der Waals surface area contributed by atoms with Gasteiger partial charge in [-0.1, -0.05) is 46.9 Å². The van der Waals surface area contributed by atoms with Crippen LogP contribution in [0, 0.1) is 0 Å². The number of thiophene rings is 1. The Morgan fingerprint density at radius 2 is 2.10 bits per heavy atom. The van der Waals surface area contributed by atoms with E-state index >= 15 is 0 Å². The van der Waals surface area contributed by atoms with E-state index in [1.54, 1.807) is 6.07 Å². The normalized spacial score (nSPS) is 14.7. The highest BCUT2D eigenvalue weighted by Crippen LogP contribution is 2.33. The van der Waals surface area contributed by atoms with E-state index in [9.17, 15) is 4.79 Å².